The Hall–Kier alpha value is -1.78. The quantitative estimate of drug-likeness (QED) is 0.411. The van der Waals surface area contributed by atoms with Crippen LogP contribution in [0.2, 0.25) is 0 Å². The van der Waals surface area contributed by atoms with E-state index in [1.165, 1.54) is 0 Å². The zero-order valence-electron chi connectivity index (χ0n) is 10.2. The first-order valence-corrected chi connectivity index (χ1v) is 7.25. The van der Waals surface area contributed by atoms with Crippen LogP contribution in [0.1, 0.15) is 5.56 Å². The third-order valence-corrected chi connectivity index (χ3v) is 3.91. The van der Waals surface area contributed by atoms with Crippen molar-refractivity contribution in [2.24, 2.45) is 11.5 Å². The number of halogens is 1. The van der Waals surface area contributed by atoms with Gasteiger partial charge in [-0.2, -0.15) is 0 Å². The maximum Gasteiger partial charge on any atom is 0.312 e. The lowest BCUT2D eigenvalue weighted by molar-refractivity contribution is 0.249. The number of carbonyl (C=O) groups excluding carboxylic acids is 1. The topological polar surface area (TPSA) is 127 Å². The molecule has 1 aromatic rings. The van der Waals surface area contributed by atoms with Crippen molar-refractivity contribution in [3.8, 4) is 0 Å². The lowest BCUT2D eigenvalue weighted by Crippen LogP contribution is -2.37. The fraction of sp³-hybridized carbons (Fsp3) is 0.200. The molecule has 0 aliphatic carbocycles. The maximum absolute atomic E-state index is 13.4. The molecular weight excluding hydrogens is 307 g/mol. The van der Waals surface area contributed by atoms with Gasteiger partial charge in [-0.05, 0) is 18.2 Å². The van der Waals surface area contributed by atoms with Crippen LogP contribution >= 0.6 is 12.2 Å². The average molecular weight is 320 g/mol. The summed E-state index contributed by atoms with van der Waals surface area (Å²) < 4.78 is 39.4. The Bertz CT molecular complexity index is 633. The number of amides is 2. The first kappa shape index (κ1) is 16.3. The first-order chi connectivity index (χ1) is 9.24. The molecule has 0 radical (unpaired) electrons. The van der Waals surface area contributed by atoms with Crippen molar-refractivity contribution in [1.29, 1.82) is 0 Å². The SMILES string of the molecule is NC(=O)NCCNS(=O)(=O)c1ccc(F)c(C(N)=S)c1. The molecule has 110 valence electrons. The number of nitrogens with two attached hydrogens (primary N) is 2. The molecule has 10 heteroatoms. The van der Waals surface area contributed by atoms with Gasteiger partial charge in [-0.1, -0.05) is 12.2 Å². The highest BCUT2D eigenvalue weighted by Crippen LogP contribution is 2.14. The number of sulfonamides is 1. The van der Waals surface area contributed by atoms with Gasteiger partial charge >= 0.3 is 6.03 Å². The average Bonchev–Trinajstić information content (AvgIpc) is 2.34. The van der Waals surface area contributed by atoms with Crippen LogP contribution in [0, 0.1) is 5.82 Å². The minimum atomic E-state index is -3.85. The Labute approximate surface area is 120 Å². The third-order valence-electron chi connectivity index (χ3n) is 2.23. The summed E-state index contributed by atoms with van der Waals surface area (Å²) in [6.45, 7) is -0.0387. The van der Waals surface area contributed by atoms with Crippen LogP contribution in [-0.2, 0) is 10.0 Å². The van der Waals surface area contributed by atoms with Crippen molar-refractivity contribution in [1.82, 2.24) is 10.0 Å². The molecule has 0 aliphatic rings. The lowest BCUT2D eigenvalue weighted by atomic mass is 10.2. The maximum atomic E-state index is 13.4. The Morgan fingerprint density at radius 3 is 2.50 bits per heavy atom. The van der Waals surface area contributed by atoms with Gasteiger partial charge in [0, 0.05) is 18.7 Å². The predicted octanol–water partition coefficient (Wildman–Crippen LogP) is -0.594. The number of thiocarbonyl (C=S) groups is 1. The molecule has 0 unspecified atom stereocenters. The molecule has 0 aromatic heterocycles. The van der Waals surface area contributed by atoms with Crippen LogP contribution in [-0.4, -0.2) is 32.5 Å². The van der Waals surface area contributed by atoms with Crippen molar-refractivity contribution in [2.75, 3.05) is 13.1 Å². The smallest absolute Gasteiger partial charge is 0.312 e. The second kappa shape index (κ2) is 6.59. The fourth-order valence-corrected chi connectivity index (χ4v) is 2.53. The van der Waals surface area contributed by atoms with Crippen molar-refractivity contribution < 1.29 is 17.6 Å². The number of benzene rings is 1. The number of rotatable bonds is 6. The van der Waals surface area contributed by atoms with Crippen molar-refractivity contribution >= 4 is 33.3 Å². The molecule has 1 rings (SSSR count). The van der Waals surface area contributed by atoms with Crippen LogP contribution in [0.15, 0.2) is 23.1 Å². The highest BCUT2D eigenvalue weighted by molar-refractivity contribution is 7.89. The lowest BCUT2D eigenvalue weighted by Gasteiger charge is -2.09. The van der Waals surface area contributed by atoms with Gasteiger partial charge in [-0.25, -0.2) is 22.3 Å². The van der Waals surface area contributed by atoms with Gasteiger partial charge in [0.2, 0.25) is 10.0 Å². The van der Waals surface area contributed by atoms with E-state index in [0.29, 0.717) is 0 Å². The summed E-state index contributed by atoms with van der Waals surface area (Å²) in [6.07, 6.45) is 0. The summed E-state index contributed by atoms with van der Waals surface area (Å²) in [5.74, 6) is -0.702. The van der Waals surface area contributed by atoms with Gasteiger partial charge in [0.1, 0.15) is 10.8 Å². The zero-order chi connectivity index (χ0) is 15.3. The largest absolute Gasteiger partial charge is 0.389 e. The number of carbonyl (C=O) groups is 1. The molecule has 0 bridgehead atoms. The van der Waals surface area contributed by atoms with Crippen LogP contribution in [0.3, 0.4) is 0 Å². The molecule has 2 amide bonds. The van der Waals surface area contributed by atoms with E-state index < -0.39 is 21.9 Å². The number of urea groups is 1. The number of nitrogens with one attached hydrogen (secondary N) is 2. The highest BCUT2D eigenvalue weighted by atomic mass is 32.2. The summed E-state index contributed by atoms with van der Waals surface area (Å²) in [5.41, 5.74) is 9.97. The minimum absolute atomic E-state index is 0.0257. The van der Waals surface area contributed by atoms with Crippen LogP contribution < -0.4 is 21.5 Å². The monoisotopic (exact) mass is 320 g/mol. The van der Waals surface area contributed by atoms with E-state index >= 15 is 0 Å². The molecule has 0 heterocycles. The van der Waals surface area contributed by atoms with Crippen LogP contribution in [0.4, 0.5) is 9.18 Å². The van der Waals surface area contributed by atoms with E-state index in [9.17, 15) is 17.6 Å². The summed E-state index contributed by atoms with van der Waals surface area (Å²) in [7, 11) is -3.85. The van der Waals surface area contributed by atoms with E-state index in [0.717, 1.165) is 18.2 Å². The van der Waals surface area contributed by atoms with Crippen LogP contribution in [0.25, 0.3) is 0 Å². The molecule has 0 spiro atoms. The number of hydrogen-bond donors (Lipinski definition) is 4. The van der Waals surface area contributed by atoms with Gasteiger partial charge in [-0.15, -0.1) is 0 Å². The zero-order valence-corrected chi connectivity index (χ0v) is 11.9. The van der Waals surface area contributed by atoms with Gasteiger partial charge in [0.15, 0.2) is 0 Å². The Morgan fingerprint density at radius 1 is 1.30 bits per heavy atom. The summed E-state index contributed by atoms with van der Waals surface area (Å²) in [6, 6.07) is 2.33. The second-order valence-electron chi connectivity index (χ2n) is 3.69. The molecule has 20 heavy (non-hydrogen) atoms. The first-order valence-electron chi connectivity index (χ1n) is 5.36. The number of primary amides is 1. The molecule has 0 atom stereocenters. The molecule has 0 saturated heterocycles. The highest BCUT2D eigenvalue weighted by Gasteiger charge is 2.16. The molecule has 0 aliphatic heterocycles. The van der Waals surface area contributed by atoms with E-state index in [2.05, 4.69) is 22.3 Å². The second-order valence-corrected chi connectivity index (χ2v) is 5.90. The molecule has 0 saturated carbocycles. The summed E-state index contributed by atoms with van der Waals surface area (Å²) in [4.78, 5) is 9.99. The van der Waals surface area contributed by atoms with Crippen molar-refractivity contribution in [3.63, 3.8) is 0 Å². The summed E-state index contributed by atoms with van der Waals surface area (Å²) >= 11 is 4.63. The van der Waals surface area contributed by atoms with Gasteiger partial charge in [0.05, 0.1) is 4.90 Å². The van der Waals surface area contributed by atoms with E-state index in [4.69, 9.17) is 11.5 Å². The normalized spacial score (nSPS) is 11.1. The van der Waals surface area contributed by atoms with Crippen molar-refractivity contribution in [2.45, 2.75) is 4.90 Å². The van der Waals surface area contributed by atoms with Crippen LogP contribution in [0.5, 0.6) is 0 Å². The van der Waals surface area contributed by atoms with E-state index in [1.54, 1.807) is 0 Å². The fourth-order valence-electron chi connectivity index (χ4n) is 1.31. The molecular formula is C10H13FN4O3S2. The predicted molar refractivity (Wildman–Crippen MR) is 75.1 cm³/mol. The third kappa shape index (κ3) is 4.40. The van der Waals surface area contributed by atoms with Gasteiger partial charge in [0.25, 0.3) is 0 Å². The molecule has 7 nitrogen and oxygen atoms in total. The molecule has 6 N–H and O–H groups in total. The number of hydrogen-bond acceptors (Lipinski definition) is 4. The van der Waals surface area contributed by atoms with Gasteiger partial charge < -0.3 is 16.8 Å². The molecule has 1 aromatic carbocycles. The van der Waals surface area contributed by atoms with E-state index in [1.807, 2.05) is 0 Å². The standard InChI is InChI=1S/C10H13FN4O3S2/c11-8-2-1-6(5-7(8)9(12)19)20(17,18)15-4-3-14-10(13)16/h1-2,5,15H,3-4H2,(H2,12,19)(H3,13,14,16). The van der Waals surface area contributed by atoms with Gasteiger partial charge in [-0.3, -0.25) is 0 Å². The Kier molecular flexibility index (Phi) is 5.36. The molecule has 0 fully saturated rings. The van der Waals surface area contributed by atoms with E-state index in [-0.39, 0.29) is 28.5 Å². The Balaban J connectivity index is 2.85. The van der Waals surface area contributed by atoms with Crippen molar-refractivity contribution in [3.05, 3.63) is 29.6 Å². The summed E-state index contributed by atoms with van der Waals surface area (Å²) in [5, 5.41) is 2.22. The Morgan fingerprint density at radius 2 is 1.95 bits per heavy atom. The minimum Gasteiger partial charge on any atom is -0.389 e.